The molecule has 1 fully saturated rings. The molecule has 0 unspecified atom stereocenters. The predicted molar refractivity (Wildman–Crippen MR) is 74.4 cm³/mol. The highest BCUT2D eigenvalue weighted by Gasteiger charge is 2.38. The molecule has 5 nitrogen and oxygen atoms in total. The van der Waals surface area contributed by atoms with Gasteiger partial charge in [0.15, 0.2) is 0 Å². The fourth-order valence-corrected chi connectivity index (χ4v) is 2.46. The normalized spacial score (nSPS) is 17.8. The van der Waals surface area contributed by atoms with Crippen molar-refractivity contribution in [3.63, 3.8) is 0 Å². The van der Waals surface area contributed by atoms with Gasteiger partial charge in [-0.2, -0.15) is 0 Å². The number of carbonyl (C=O) groups excluding carboxylic acids is 1. The van der Waals surface area contributed by atoms with Gasteiger partial charge in [-0.05, 0) is 13.0 Å². The molecule has 1 N–H and O–H groups in total. The highest BCUT2D eigenvalue weighted by Crippen LogP contribution is 2.35. The van der Waals surface area contributed by atoms with Gasteiger partial charge in [-0.3, -0.25) is 4.79 Å². The first-order valence-corrected chi connectivity index (χ1v) is 6.72. The second-order valence-electron chi connectivity index (χ2n) is 5.43. The Bertz CT molecular complexity index is 500. The summed E-state index contributed by atoms with van der Waals surface area (Å²) in [5.41, 5.74) is 0.199. The van der Waals surface area contributed by atoms with Crippen LogP contribution in [0.25, 0.3) is 0 Å². The molecule has 1 aromatic rings. The standard InChI is InChI=1S/C15H21NO4/c1-11(2)10-16(3)14(17)12-4-7-20-13(12)15(18)5-8-19-9-6-15/h4,7,18H,1,5-6,8-10H2,2-3H3. The van der Waals surface area contributed by atoms with E-state index in [1.807, 2.05) is 6.92 Å². The van der Waals surface area contributed by atoms with E-state index in [9.17, 15) is 9.90 Å². The van der Waals surface area contributed by atoms with E-state index in [2.05, 4.69) is 6.58 Å². The largest absolute Gasteiger partial charge is 0.465 e. The van der Waals surface area contributed by atoms with E-state index in [0.717, 1.165) is 5.57 Å². The van der Waals surface area contributed by atoms with Crippen LogP contribution in [0.2, 0.25) is 0 Å². The van der Waals surface area contributed by atoms with Crippen LogP contribution in [-0.4, -0.2) is 42.7 Å². The summed E-state index contributed by atoms with van der Waals surface area (Å²) >= 11 is 0. The number of amides is 1. The van der Waals surface area contributed by atoms with E-state index >= 15 is 0 Å². The summed E-state index contributed by atoms with van der Waals surface area (Å²) in [6, 6.07) is 1.61. The van der Waals surface area contributed by atoms with Gasteiger partial charge in [-0.15, -0.1) is 0 Å². The third kappa shape index (κ3) is 2.94. The quantitative estimate of drug-likeness (QED) is 0.855. The number of ether oxygens (including phenoxy) is 1. The molecule has 1 aliphatic heterocycles. The smallest absolute Gasteiger partial charge is 0.257 e. The molecule has 20 heavy (non-hydrogen) atoms. The molecule has 0 saturated carbocycles. The van der Waals surface area contributed by atoms with E-state index in [4.69, 9.17) is 9.15 Å². The molecule has 2 rings (SSSR count). The minimum absolute atomic E-state index is 0.170. The minimum Gasteiger partial charge on any atom is -0.465 e. The molecule has 110 valence electrons. The summed E-state index contributed by atoms with van der Waals surface area (Å²) in [6.07, 6.45) is 2.32. The van der Waals surface area contributed by atoms with Crippen molar-refractivity contribution in [2.24, 2.45) is 0 Å². The van der Waals surface area contributed by atoms with Gasteiger partial charge in [0.2, 0.25) is 0 Å². The maximum atomic E-state index is 12.4. The van der Waals surface area contributed by atoms with Crippen LogP contribution in [0.5, 0.6) is 0 Å². The number of aliphatic hydroxyl groups is 1. The Morgan fingerprint density at radius 2 is 2.15 bits per heavy atom. The van der Waals surface area contributed by atoms with Crippen LogP contribution >= 0.6 is 0 Å². The zero-order valence-electron chi connectivity index (χ0n) is 12.0. The molecule has 1 aromatic heterocycles. The second-order valence-corrected chi connectivity index (χ2v) is 5.43. The van der Waals surface area contributed by atoms with Gasteiger partial charge in [0, 0.05) is 39.6 Å². The first kappa shape index (κ1) is 14.8. The Labute approximate surface area is 118 Å². The molecule has 5 heteroatoms. The summed E-state index contributed by atoms with van der Waals surface area (Å²) in [6.45, 7) is 7.08. The van der Waals surface area contributed by atoms with Crippen molar-refractivity contribution in [1.82, 2.24) is 4.90 Å². The van der Waals surface area contributed by atoms with Gasteiger partial charge >= 0.3 is 0 Å². The fourth-order valence-electron chi connectivity index (χ4n) is 2.46. The van der Waals surface area contributed by atoms with Crippen molar-refractivity contribution in [3.8, 4) is 0 Å². The average Bonchev–Trinajstić information content (AvgIpc) is 2.87. The summed E-state index contributed by atoms with van der Waals surface area (Å²) in [4.78, 5) is 14.0. The predicted octanol–water partition coefficient (Wildman–Crippen LogP) is 1.93. The Kier molecular flexibility index (Phi) is 4.30. The molecule has 0 bridgehead atoms. The maximum absolute atomic E-state index is 12.4. The van der Waals surface area contributed by atoms with Crippen molar-refractivity contribution in [2.45, 2.75) is 25.4 Å². The number of furan rings is 1. The average molecular weight is 279 g/mol. The first-order valence-electron chi connectivity index (χ1n) is 6.72. The monoisotopic (exact) mass is 279 g/mol. The van der Waals surface area contributed by atoms with Gasteiger partial charge in [0.25, 0.3) is 5.91 Å². The third-order valence-electron chi connectivity index (χ3n) is 3.49. The summed E-state index contributed by atoms with van der Waals surface area (Å²) < 4.78 is 10.7. The molecular formula is C15H21NO4. The number of likely N-dealkylation sites (N-methyl/N-ethyl adjacent to an activating group) is 1. The molecule has 0 spiro atoms. The van der Waals surface area contributed by atoms with Crippen LogP contribution < -0.4 is 0 Å². The van der Waals surface area contributed by atoms with Crippen LogP contribution in [0.3, 0.4) is 0 Å². The van der Waals surface area contributed by atoms with Crippen molar-refractivity contribution in [2.75, 3.05) is 26.8 Å². The molecule has 0 atom stereocenters. The van der Waals surface area contributed by atoms with Gasteiger partial charge in [-0.1, -0.05) is 12.2 Å². The van der Waals surface area contributed by atoms with Crippen LogP contribution in [0, 0.1) is 0 Å². The van der Waals surface area contributed by atoms with Crippen LogP contribution in [0.4, 0.5) is 0 Å². The van der Waals surface area contributed by atoms with Crippen molar-refractivity contribution in [1.29, 1.82) is 0 Å². The lowest BCUT2D eigenvalue weighted by Gasteiger charge is -2.31. The molecule has 0 aliphatic carbocycles. The zero-order valence-corrected chi connectivity index (χ0v) is 12.0. The Hall–Kier alpha value is -1.59. The topological polar surface area (TPSA) is 62.9 Å². The third-order valence-corrected chi connectivity index (χ3v) is 3.49. The zero-order chi connectivity index (χ0) is 14.8. The number of carbonyl (C=O) groups is 1. The van der Waals surface area contributed by atoms with Gasteiger partial charge in [0.05, 0.1) is 11.8 Å². The van der Waals surface area contributed by atoms with Crippen molar-refractivity contribution < 1.29 is 19.1 Å². The van der Waals surface area contributed by atoms with Gasteiger partial charge < -0.3 is 19.2 Å². The number of hydrogen-bond acceptors (Lipinski definition) is 4. The van der Waals surface area contributed by atoms with Crippen LogP contribution in [0.1, 0.15) is 35.9 Å². The van der Waals surface area contributed by atoms with E-state index in [0.29, 0.717) is 43.9 Å². The summed E-state index contributed by atoms with van der Waals surface area (Å²) in [5.74, 6) is 0.177. The van der Waals surface area contributed by atoms with Gasteiger partial charge in [0.1, 0.15) is 11.4 Å². The lowest BCUT2D eigenvalue weighted by Crippen LogP contribution is -2.36. The summed E-state index contributed by atoms with van der Waals surface area (Å²) in [5, 5.41) is 10.7. The highest BCUT2D eigenvalue weighted by atomic mass is 16.5. The lowest BCUT2D eigenvalue weighted by atomic mass is 9.89. The Morgan fingerprint density at radius 3 is 2.75 bits per heavy atom. The molecule has 2 heterocycles. The van der Waals surface area contributed by atoms with E-state index in [1.54, 1.807) is 18.0 Å². The second kappa shape index (κ2) is 5.81. The van der Waals surface area contributed by atoms with E-state index in [-0.39, 0.29) is 5.91 Å². The Balaban J connectivity index is 2.23. The van der Waals surface area contributed by atoms with Gasteiger partial charge in [-0.25, -0.2) is 0 Å². The maximum Gasteiger partial charge on any atom is 0.257 e. The van der Waals surface area contributed by atoms with Crippen LogP contribution in [0.15, 0.2) is 28.9 Å². The molecule has 1 saturated heterocycles. The SMILES string of the molecule is C=C(C)CN(C)C(=O)c1ccoc1C1(O)CCOCC1. The van der Waals surface area contributed by atoms with E-state index < -0.39 is 5.60 Å². The summed E-state index contributed by atoms with van der Waals surface area (Å²) in [7, 11) is 1.71. The molecule has 1 aliphatic rings. The van der Waals surface area contributed by atoms with E-state index in [1.165, 1.54) is 6.26 Å². The lowest BCUT2D eigenvalue weighted by molar-refractivity contribution is -0.0805. The fraction of sp³-hybridized carbons (Fsp3) is 0.533. The minimum atomic E-state index is -1.11. The molecule has 0 aromatic carbocycles. The molecule has 0 radical (unpaired) electrons. The first-order chi connectivity index (χ1) is 9.44. The van der Waals surface area contributed by atoms with Crippen LogP contribution in [-0.2, 0) is 10.3 Å². The highest BCUT2D eigenvalue weighted by molar-refractivity contribution is 5.95. The Morgan fingerprint density at radius 1 is 1.50 bits per heavy atom. The molecule has 1 amide bonds. The van der Waals surface area contributed by atoms with Crippen molar-refractivity contribution in [3.05, 3.63) is 35.8 Å². The number of hydrogen-bond donors (Lipinski definition) is 1. The van der Waals surface area contributed by atoms with Crippen molar-refractivity contribution >= 4 is 5.91 Å². The number of rotatable bonds is 4. The number of nitrogens with zero attached hydrogens (tertiary/aromatic N) is 1. The molecular weight excluding hydrogens is 258 g/mol.